The van der Waals surface area contributed by atoms with Crippen molar-refractivity contribution in [3.63, 3.8) is 0 Å². The molecule has 2 aromatic carbocycles. The van der Waals surface area contributed by atoms with Crippen LogP contribution in [0.2, 0.25) is 10.0 Å². The van der Waals surface area contributed by atoms with Gasteiger partial charge in [0.05, 0.1) is 17.2 Å². The maximum atomic E-state index is 11.9. The first-order valence-corrected chi connectivity index (χ1v) is 8.10. The van der Waals surface area contributed by atoms with E-state index < -0.39 is 5.97 Å². The third-order valence-electron chi connectivity index (χ3n) is 3.42. The molecule has 4 nitrogen and oxygen atoms in total. The Morgan fingerprint density at radius 1 is 1.00 bits per heavy atom. The molecule has 1 heterocycles. The van der Waals surface area contributed by atoms with Gasteiger partial charge < -0.3 is 9.47 Å². The van der Waals surface area contributed by atoms with Gasteiger partial charge in [0.15, 0.2) is 5.70 Å². The smallest absolute Gasteiger partial charge is 0.363 e. The number of carbonyl (C=O) groups excluding carboxylic acids is 1. The van der Waals surface area contributed by atoms with Crippen LogP contribution in [-0.4, -0.2) is 19.0 Å². The number of benzene rings is 2. The molecule has 0 saturated heterocycles. The van der Waals surface area contributed by atoms with Gasteiger partial charge in [-0.1, -0.05) is 41.4 Å². The molecule has 0 atom stereocenters. The third-order valence-corrected chi connectivity index (χ3v) is 4.16. The Morgan fingerprint density at radius 3 is 2.40 bits per heavy atom. The minimum Gasteiger partial charge on any atom is -0.497 e. The van der Waals surface area contributed by atoms with E-state index in [1.165, 1.54) is 0 Å². The zero-order valence-corrected chi connectivity index (χ0v) is 14.7. The van der Waals surface area contributed by atoms with Gasteiger partial charge in [-0.2, -0.15) is 0 Å². The van der Waals surface area contributed by atoms with Crippen molar-refractivity contribution in [2.24, 2.45) is 4.99 Å². The highest BCUT2D eigenvalue weighted by molar-refractivity contribution is 6.42. The first-order valence-electron chi connectivity index (χ1n) is 7.35. The number of hydrogen-bond donors (Lipinski definition) is 0. The molecule has 1 aliphatic heterocycles. The summed E-state index contributed by atoms with van der Waals surface area (Å²) in [7, 11) is 1.61. The van der Waals surface area contributed by atoms with Crippen molar-refractivity contribution in [3.8, 4) is 5.75 Å². The van der Waals surface area contributed by atoms with E-state index in [1.54, 1.807) is 43.5 Å². The summed E-state index contributed by atoms with van der Waals surface area (Å²) in [5.41, 5.74) is 1.85. The number of ether oxygens (including phenoxy) is 2. The van der Waals surface area contributed by atoms with E-state index in [0.717, 1.165) is 11.3 Å². The molecule has 1 aliphatic rings. The molecule has 0 bridgehead atoms. The van der Waals surface area contributed by atoms with Crippen LogP contribution in [0.15, 0.2) is 59.2 Å². The SMILES string of the molecule is COc1ccc(/C=C/C2=NC(=C\c3ccc(Cl)c(Cl)c3)/C(=O)O2)cc1. The molecule has 6 heteroatoms. The standard InChI is InChI=1S/C19H13Cl2NO3/c1-24-14-6-2-12(3-7-14)5-9-18-22-17(19(23)25-18)11-13-4-8-15(20)16(21)10-13/h2-11H,1H3/b9-5+,17-11-. The quantitative estimate of drug-likeness (QED) is 0.558. The van der Waals surface area contributed by atoms with Crippen LogP contribution in [0.25, 0.3) is 12.2 Å². The molecule has 3 rings (SSSR count). The molecule has 0 spiro atoms. The van der Waals surface area contributed by atoms with E-state index >= 15 is 0 Å². The summed E-state index contributed by atoms with van der Waals surface area (Å²) in [4.78, 5) is 16.1. The Labute approximate surface area is 155 Å². The van der Waals surface area contributed by atoms with E-state index in [4.69, 9.17) is 32.7 Å². The fourth-order valence-corrected chi connectivity index (χ4v) is 2.45. The zero-order valence-electron chi connectivity index (χ0n) is 13.2. The summed E-state index contributed by atoms with van der Waals surface area (Å²) in [6.45, 7) is 0. The van der Waals surface area contributed by atoms with Crippen LogP contribution in [0.1, 0.15) is 11.1 Å². The largest absolute Gasteiger partial charge is 0.497 e. The van der Waals surface area contributed by atoms with Crippen LogP contribution in [0.4, 0.5) is 0 Å². The zero-order chi connectivity index (χ0) is 17.8. The van der Waals surface area contributed by atoms with Gasteiger partial charge in [0, 0.05) is 6.08 Å². The van der Waals surface area contributed by atoms with Gasteiger partial charge in [-0.25, -0.2) is 9.79 Å². The molecule has 0 N–H and O–H groups in total. The van der Waals surface area contributed by atoms with Crippen LogP contribution >= 0.6 is 23.2 Å². The fraction of sp³-hybridized carbons (Fsp3) is 0.0526. The van der Waals surface area contributed by atoms with E-state index in [1.807, 2.05) is 24.3 Å². The minimum atomic E-state index is -0.513. The van der Waals surface area contributed by atoms with Crippen molar-refractivity contribution < 1.29 is 14.3 Å². The minimum absolute atomic E-state index is 0.202. The van der Waals surface area contributed by atoms with Crippen LogP contribution in [0.5, 0.6) is 5.75 Å². The van der Waals surface area contributed by atoms with E-state index in [-0.39, 0.29) is 11.6 Å². The lowest BCUT2D eigenvalue weighted by molar-refractivity contribution is -0.129. The van der Waals surface area contributed by atoms with Crippen molar-refractivity contribution >= 4 is 47.2 Å². The van der Waals surface area contributed by atoms with Gasteiger partial charge in [0.25, 0.3) is 0 Å². The van der Waals surface area contributed by atoms with Crippen molar-refractivity contribution in [1.29, 1.82) is 0 Å². The van der Waals surface area contributed by atoms with Gasteiger partial charge >= 0.3 is 5.97 Å². The predicted molar refractivity (Wildman–Crippen MR) is 100.0 cm³/mol. The molecule has 0 saturated carbocycles. The van der Waals surface area contributed by atoms with Gasteiger partial charge in [-0.3, -0.25) is 0 Å². The number of methoxy groups -OCH3 is 1. The molecule has 0 aliphatic carbocycles. The van der Waals surface area contributed by atoms with Crippen molar-refractivity contribution in [1.82, 2.24) is 0 Å². The van der Waals surface area contributed by atoms with Crippen LogP contribution < -0.4 is 4.74 Å². The molecule has 0 amide bonds. The lowest BCUT2D eigenvalue weighted by Crippen LogP contribution is -2.01. The Bertz CT molecular complexity index is 899. The molecule has 126 valence electrons. The van der Waals surface area contributed by atoms with Gasteiger partial charge in [-0.15, -0.1) is 0 Å². The molecular weight excluding hydrogens is 361 g/mol. The summed E-state index contributed by atoms with van der Waals surface area (Å²) < 4.78 is 10.2. The van der Waals surface area contributed by atoms with Gasteiger partial charge in [-0.05, 0) is 47.5 Å². The number of hydrogen-bond acceptors (Lipinski definition) is 4. The summed E-state index contributed by atoms with van der Waals surface area (Å²) in [6, 6.07) is 12.5. The summed E-state index contributed by atoms with van der Waals surface area (Å²) in [6.07, 6.45) is 5.03. The fourth-order valence-electron chi connectivity index (χ4n) is 2.14. The first-order chi connectivity index (χ1) is 12.0. The van der Waals surface area contributed by atoms with E-state index in [9.17, 15) is 4.79 Å². The van der Waals surface area contributed by atoms with E-state index in [0.29, 0.717) is 15.6 Å². The topological polar surface area (TPSA) is 47.9 Å². The Hall–Kier alpha value is -2.56. The highest BCUT2D eigenvalue weighted by Gasteiger charge is 2.21. The summed E-state index contributed by atoms with van der Waals surface area (Å²) >= 11 is 11.8. The molecule has 0 radical (unpaired) electrons. The lowest BCUT2D eigenvalue weighted by atomic mass is 10.2. The highest BCUT2D eigenvalue weighted by Crippen LogP contribution is 2.25. The molecule has 0 fully saturated rings. The number of nitrogens with zero attached hydrogens (tertiary/aromatic N) is 1. The van der Waals surface area contributed by atoms with Crippen molar-refractivity contribution in [2.75, 3.05) is 7.11 Å². The highest BCUT2D eigenvalue weighted by atomic mass is 35.5. The van der Waals surface area contributed by atoms with Crippen LogP contribution in [0.3, 0.4) is 0 Å². The summed E-state index contributed by atoms with van der Waals surface area (Å²) in [5, 5.41) is 0.857. The van der Waals surface area contributed by atoms with Crippen molar-refractivity contribution in [2.45, 2.75) is 0 Å². The maximum absolute atomic E-state index is 11.9. The van der Waals surface area contributed by atoms with Crippen LogP contribution in [-0.2, 0) is 9.53 Å². The Kier molecular flexibility index (Phi) is 5.22. The predicted octanol–water partition coefficient (Wildman–Crippen LogP) is 5.01. The van der Waals surface area contributed by atoms with Gasteiger partial charge in [0.2, 0.25) is 5.90 Å². The van der Waals surface area contributed by atoms with Crippen LogP contribution in [0, 0.1) is 0 Å². The third kappa shape index (κ3) is 4.29. The number of rotatable bonds is 4. The number of halogens is 2. The Morgan fingerprint density at radius 2 is 1.72 bits per heavy atom. The normalized spacial score (nSPS) is 15.6. The molecule has 0 aromatic heterocycles. The second kappa shape index (κ2) is 7.55. The number of cyclic esters (lactones) is 1. The van der Waals surface area contributed by atoms with Gasteiger partial charge in [0.1, 0.15) is 5.75 Å². The lowest BCUT2D eigenvalue weighted by Gasteiger charge is -1.98. The second-order valence-corrected chi connectivity index (χ2v) is 5.96. The number of aliphatic imine (C=N–C) groups is 1. The average Bonchev–Trinajstić information content (AvgIpc) is 2.96. The molecular formula is C19H13Cl2NO3. The van der Waals surface area contributed by atoms with E-state index in [2.05, 4.69) is 4.99 Å². The number of esters is 1. The molecule has 25 heavy (non-hydrogen) atoms. The number of carbonyl (C=O) groups is 1. The monoisotopic (exact) mass is 373 g/mol. The average molecular weight is 374 g/mol. The van der Waals surface area contributed by atoms with Crippen molar-refractivity contribution in [3.05, 3.63) is 75.4 Å². The molecule has 2 aromatic rings. The molecule has 0 unspecified atom stereocenters. The first kappa shape index (κ1) is 17.3. The second-order valence-electron chi connectivity index (χ2n) is 5.15. The Balaban J connectivity index is 1.78. The summed E-state index contributed by atoms with van der Waals surface area (Å²) in [5.74, 6) is 0.487. The maximum Gasteiger partial charge on any atom is 0.363 e.